The molecule has 0 aliphatic carbocycles. The van der Waals surface area contributed by atoms with E-state index < -0.39 is 17.2 Å². The predicted molar refractivity (Wildman–Crippen MR) is 83.3 cm³/mol. The fraction of sp³-hybridized carbons (Fsp3) is 0.529. The van der Waals surface area contributed by atoms with Gasteiger partial charge in [-0.2, -0.15) is 0 Å². The zero-order chi connectivity index (χ0) is 16.4. The first-order chi connectivity index (χ1) is 9.53. The molecule has 1 rings (SSSR count). The van der Waals surface area contributed by atoms with Crippen molar-refractivity contribution in [3.05, 3.63) is 34.9 Å². The molecule has 1 amide bonds. The van der Waals surface area contributed by atoms with Crippen LogP contribution in [0.5, 0.6) is 0 Å². The molecule has 4 nitrogen and oxygen atoms in total. The van der Waals surface area contributed by atoms with Gasteiger partial charge in [-0.3, -0.25) is 4.90 Å². The molecule has 116 valence electrons. The van der Waals surface area contributed by atoms with E-state index in [4.69, 9.17) is 4.74 Å². The van der Waals surface area contributed by atoms with E-state index in [0.29, 0.717) is 0 Å². The van der Waals surface area contributed by atoms with Crippen LogP contribution in [0.3, 0.4) is 0 Å². The number of amides is 1. The van der Waals surface area contributed by atoms with Crippen LogP contribution in [-0.4, -0.2) is 29.9 Å². The number of benzene rings is 1. The van der Waals surface area contributed by atoms with E-state index in [1.165, 1.54) is 4.90 Å². The summed E-state index contributed by atoms with van der Waals surface area (Å²) < 4.78 is 5.38. The van der Waals surface area contributed by atoms with Gasteiger partial charge in [0.2, 0.25) is 0 Å². The van der Waals surface area contributed by atoms with Crippen molar-refractivity contribution < 1.29 is 14.3 Å². The summed E-state index contributed by atoms with van der Waals surface area (Å²) in [6.07, 6.45) is 0.284. The summed E-state index contributed by atoms with van der Waals surface area (Å²) in [6.45, 7) is 11.0. The first kappa shape index (κ1) is 17.2. The molecule has 0 fully saturated rings. The van der Waals surface area contributed by atoms with Crippen molar-refractivity contribution in [2.24, 2.45) is 0 Å². The third-order valence-electron chi connectivity index (χ3n) is 3.58. The molecule has 0 aromatic heterocycles. The molecule has 1 aromatic carbocycles. The molecule has 21 heavy (non-hydrogen) atoms. The Bertz CT molecular complexity index is 525. The summed E-state index contributed by atoms with van der Waals surface area (Å²) in [6, 6.07) is 5.81. The number of likely N-dealkylation sites (N-methyl/N-ethyl adjacent to an activating group) is 1. The lowest BCUT2D eigenvalue weighted by molar-refractivity contribution is -0.117. The number of aldehydes is 1. The normalized spacial score (nSPS) is 14.2. The number of nitrogens with zero attached hydrogens (tertiary/aromatic N) is 1. The molecule has 0 radical (unpaired) electrons. The number of carbonyl (C=O) groups excluding carboxylic acids is 2. The summed E-state index contributed by atoms with van der Waals surface area (Å²) in [7, 11) is 1.59. The van der Waals surface area contributed by atoms with Crippen LogP contribution in [0, 0.1) is 13.8 Å². The Morgan fingerprint density at radius 1 is 1.14 bits per heavy atom. The van der Waals surface area contributed by atoms with Gasteiger partial charge >= 0.3 is 6.09 Å². The van der Waals surface area contributed by atoms with E-state index in [0.717, 1.165) is 23.0 Å². The maximum absolute atomic E-state index is 12.3. The minimum absolute atomic E-state index is 0.514. The fourth-order valence-electron chi connectivity index (χ4n) is 2.44. The maximum Gasteiger partial charge on any atom is 0.411 e. The van der Waals surface area contributed by atoms with Crippen molar-refractivity contribution in [2.45, 2.75) is 52.7 Å². The quantitative estimate of drug-likeness (QED) is 0.800. The van der Waals surface area contributed by atoms with Crippen molar-refractivity contribution in [1.29, 1.82) is 0 Å². The zero-order valence-corrected chi connectivity index (χ0v) is 14.0. The summed E-state index contributed by atoms with van der Waals surface area (Å²) in [5, 5.41) is 0. The summed E-state index contributed by atoms with van der Waals surface area (Å²) in [5.74, 6) is 0. The van der Waals surface area contributed by atoms with Gasteiger partial charge in [0.05, 0.1) is 0 Å². The Morgan fingerprint density at radius 3 is 2.00 bits per heavy atom. The van der Waals surface area contributed by atoms with E-state index >= 15 is 0 Å². The minimum atomic E-state index is -1.06. The molecule has 0 saturated heterocycles. The summed E-state index contributed by atoms with van der Waals surface area (Å²) in [5.41, 5.74) is 1.13. The first-order valence-electron chi connectivity index (χ1n) is 7.03. The smallest absolute Gasteiger partial charge is 0.411 e. The first-order valence-corrected chi connectivity index (χ1v) is 7.03. The molecule has 0 aliphatic rings. The highest BCUT2D eigenvalue weighted by Gasteiger charge is 2.38. The number of carbonyl (C=O) groups is 2. The van der Waals surface area contributed by atoms with Crippen LogP contribution in [0.4, 0.5) is 4.79 Å². The third-order valence-corrected chi connectivity index (χ3v) is 3.58. The van der Waals surface area contributed by atoms with E-state index in [-0.39, 0.29) is 0 Å². The SMILES string of the molecule is Cc1cccc(C)c1C(C)(C=O)N(C)C(=O)OC(C)(C)C. The molecular weight excluding hydrogens is 266 g/mol. The van der Waals surface area contributed by atoms with Crippen molar-refractivity contribution in [3.8, 4) is 0 Å². The van der Waals surface area contributed by atoms with Gasteiger partial charge in [-0.05, 0) is 58.2 Å². The van der Waals surface area contributed by atoms with Gasteiger partial charge in [-0.15, -0.1) is 0 Å². The van der Waals surface area contributed by atoms with E-state index in [1.54, 1.807) is 34.7 Å². The third kappa shape index (κ3) is 3.63. The van der Waals surface area contributed by atoms with E-state index in [9.17, 15) is 9.59 Å². The van der Waals surface area contributed by atoms with Crippen LogP contribution in [-0.2, 0) is 15.1 Å². The predicted octanol–water partition coefficient (Wildman–Crippen LogP) is 3.58. The molecule has 1 atom stereocenters. The van der Waals surface area contributed by atoms with E-state index in [1.807, 2.05) is 32.0 Å². The van der Waals surface area contributed by atoms with Gasteiger partial charge in [-0.25, -0.2) is 4.79 Å². The number of rotatable bonds is 3. The van der Waals surface area contributed by atoms with Gasteiger partial charge < -0.3 is 9.53 Å². The van der Waals surface area contributed by atoms with Crippen molar-refractivity contribution >= 4 is 12.4 Å². The van der Waals surface area contributed by atoms with Crippen LogP contribution in [0.1, 0.15) is 44.4 Å². The monoisotopic (exact) mass is 291 g/mol. The lowest BCUT2D eigenvalue weighted by atomic mass is 9.85. The van der Waals surface area contributed by atoms with E-state index in [2.05, 4.69) is 0 Å². The van der Waals surface area contributed by atoms with Crippen LogP contribution < -0.4 is 0 Å². The molecule has 1 unspecified atom stereocenters. The van der Waals surface area contributed by atoms with Gasteiger partial charge in [-0.1, -0.05) is 18.2 Å². The summed E-state index contributed by atoms with van der Waals surface area (Å²) in [4.78, 5) is 25.5. The number of aryl methyl sites for hydroxylation is 2. The Balaban J connectivity index is 3.27. The second kappa shape index (κ2) is 5.88. The molecule has 0 aliphatic heterocycles. The summed E-state index contributed by atoms with van der Waals surface area (Å²) >= 11 is 0. The zero-order valence-electron chi connectivity index (χ0n) is 14.0. The topological polar surface area (TPSA) is 46.6 Å². The van der Waals surface area contributed by atoms with Gasteiger partial charge in [0.1, 0.15) is 17.4 Å². The molecular formula is C17H25NO3. The number of ether oxygens (including phenoxy) is 1. The Hall–Kier alpha value is -1.84. The molecule has 0 spiro atoms. The highest BCUT2D eigenvalue weighted by Crippen LogP contribution is 2.31. The number of hydrogen-bond donors (Lipinski definition) is 0. The highest BCUT2D eigenvalue weighted by atomic mass is 16.6. The van der Waals surface area contributed by atoms with Gasteiger partial charge in [0.15, 0.2) is 0 Å². The lowest BCUT2D eigenvalue weighted by Crippen LogP contribution is -2.48. The molecule has 0 N–H and O–H groups in total. The average Bonchev–Trinajstić information content (AvgIpc) is 2.35. The second-order valence-electron chi connectivity index (χ2n) is 6.57. The standard InChI is InChI=1S/C17H25NO3/c1-12-9-8-10-13(2)14(12)17(6,11-19)18(7)15(20)21-16(3,4)5/h8-11H,1-7H3. The van der Waals surface area contributed by atoms with Crippen LogP contribution in [0.25, 0.3) is 0 Å². The largest absolute Gasteiger partial charge is 0.444 e. The minimum Gasteiger partial charge on any atom is -0.444 e. The maximum atomic E-state index is 12.3. The second-order valence-corrected chi connectivity index (χ2v) is 6.57. The molecule has 4 heteroatoms. The molecule has 0 heterocycles. The average molecular weight is 291 g/mol. The Morgan fingerprint density at radius 2 is 1.62 bits per heavy atom. The van der Waals surface area contributed by atoms with Crippen LogP contribution in [0.15, 0.2) is 18.2 Å². The van der Waals surface area contributed by atoms with Crippen molar-refractivity contribution in [1.82, 2.24) is 4.90 Å². The van der Waals surface area contributed by atoms with Gasteiger partial charge in [0.25, 0.3) is 0 Å². The highest BCUT2D eigenvalue weighted by molar-refractivity contribution is 5.79. The van der Waals surface area contributed by atoms with Gasteiger partial charge in [0, 0.05) is 7.05 Å². The molecule has 0 saturated carbocycles. The fourth-order valence-corrected chi connectivity index (χ4v) is 2.44. The Kier molecular flexibility index (Phi) is 4.82. The lowest BCUT2D eigenvalue weighted by Gasteiger charge is -2.37. The molecule has 0 bridgehead atoms. The number of hydrogen-bond acceptors (Lipinski definition) is 3. The van der Waals surface area contributed by atoms with Crippen LogP contribution in [0.2, 0.25) is 0 Å². The van der Waals surface area contributed by atoms with Crippen LogP contribution >= 0.6 is 0 Å². The Labute approximate surface area is 127 Å². The molecule has 1 aromatic rings. The van der Waals surface area contributed by atoms with Crippen molar-refractivity contribution in [2.75, 3.05) is 7.05 Å². The van der Waals surface area contributed by atoms with Crippen molar-refractivity contribution in [3.63, 3.8) is 0 Å².